The highest BCUT2D eigenvalue weighted by Gasteiger charge is 2.38. The fourth-order valence-corrected chi connectivity index (χ4v) is 2.88. The molecule has 1 aliphatic heterocycles. The molecule has 24 heavy (non-hydrogen) atoms. The Balaban J connectivity index is 1.93. The van der Waals surface area contributed by atoms with Gasteiger partial charge in [-0.15, -0.1) is 0 Å². The van der Waals surface area contributed by atoms with Crippen LogP contribution in [0.2, 0.25) is 0 Å². The number of fused-ring (bicyclic) bond motifs is 1. The molecular weight excluding hydrogens is 307 g/mol. The van der Waals surface area contributed by atoms with Crippen LogP contribution in [0.1, 0.15) is 50.0 Å². The molecule has 0 aromatic heterocycles. The Hall–Kier alpha value is -2.36. The number of hydrogen-bond donors (Lipinski definition) is 0. The Morgan fingerprint density at radius 2 is 1.79 bits per heavy atom. The third-order valence-electron chi connectivity index (χ3n) is 3.96. The van der Waals surface area contributed by atoms with Gasteiger partial charge in [-0.25, -0.2) is 4.39 Å². The van der Waals surface area contributed by atoms with Gasteiger partial charge in [-0.3, -0.25) is 4.79 Å². The van der Waals surface area contributed by atoms with E-state index in [1.165, 1.54) is 12.1 Å². The average Bonchev–Trinajstić information content (AvgIpc) is 2.47. The summed E-state index contributed by atoms with van der Waals surface area (Å²) in [7, 11) is 0. The van der Waals surface area contributed by atoms with Crippen molar-refractivity contribution in [1.82, 2.24) is 0 Å². The predicted molar refractivity (Wildman–Crippen MR) is 90.2 cm³/mol. The molecule has 4 heteroatoms. The van der Waals surface area contributed by atoms with E-state index < -0.39 is 5.60 Å². The largest absolute Gasteiger partial charge is 0.488 e. The van der Waals surface area contributed by atoms with Crippen molar-refractivity contribution in [2.75, 3.05) is 0 Å². The third-order valence-corrected chi connectivity index (χ3v) is 3.96. The maximum absolute atomic E-state index is 13.2. The van der Waals surface area contributed by atoms with E-state index in [1.807, 2.05) is 27.7 Å². The summed E-state index contributed by atoms with van der Waals surface area (Å²) in [5.41, 5.74) is 0.161. The molecule has 0 aliphatic carbocycles. The minimum Gasteiger partial charge on any atom is -0.488 e. The van der Waals surface area contributed by atoms with Crippen molar-refractivity contribution in [3.63, 3.8) is 0 Å². The normalized spacial score (nSPS) is 20.3. The van der Waals surface area contributed by atoms with Gasteiger partial charge in [-0.05, 0) is 63.6 Å². The molecular formula is C20H21FO3. The average molecular weight is 328 g/mol. The highest BCUT2D eigenvalue weighted by Crippen LogP contribution is 2.41. The molecule has 0 radical (unpaired) electrons. The van der Waals surface area contributed by atoms with Gasteiger partial charge in [0.15, 0.2) is 5.78 Å². The molecule has 3 rings (SSSR count). The van der Waals surface area contributed by atoms with Crippen LogP contribution >= 0.6 is 0 Å². The van der Waals surface area contributed by atoms with Gasteiger partial charge in [0, 0.05) is 0 Å². The first-order valence-electron chi connectivity index (χ1n) is 7.98. The van der Waals surface area contributed by atoms with Crippen molar-refractivity contribution >= 4 is 5.78 Å². The predicted octanol–water partition coefficient (Wildman–Crippen LogP) is 4.88. The molecule has 0 N–H and O–H groups in total. The number of halogens is 1. The molecule has 0 spiro atoms. The molecule has 0 fully saturated rings. The fraction of sp³-hybridized carbons (Fsp3) is 0.350. The third kappa shape index (κ3) is 3.28. The lowest BCUT2D eigenvalue weighted by Gasteiger charge is -2.35. The Bertz CT molecular complexity index is 774. The highest BCUT2D eigenvalue weighted by molar-refractivity contribution is 6.00. The summed E-state index contributed by atoms with van der Waals surface area (Å²) in [5, 5.41) is 0. The zero-order chi connectivity index (χ0) is 17.5. The Kier molecular flexibility index (Phi) is 3.86. The summed E-state index contributed by atoms with van der Waals surface area (Å²) in [6.07, 6.45) is 0.199. The molecule has 3 nitrogen and oxygen atoms in total. The fourth-order valence-electron chi connectivity index (χ4n) is 2.88. The summed E-state index contributed by atoms with van der Waals surface area (Å²) in [6, 6.07) is 11.4. The lowest BCUT2D eigenvalue weighted by Crippen LogP contribution is -2.36. The maximum Gasteiger partial charge on any atom is 0.171 e. The summed E-state index contributed by atoms with van der Waals surface area (Å²) in [6.45, 7) is 7.71. The van der Waals surface area contributed by atoms with Crippen molar-refractivity contribution in [3.05, 3.63) is 59.4 Å². The molecule has 0 saturated carbocycles. The van der Waals surface area contributed by atoms with E-state index in [-0.39, 0.29) is 23.6 Å². The minimum atomic E-state index is -0.801. The number of hydrogen-bond acceptors (Lipinski definition) is 3. The van der Waals surface area contributed by atoms with Crippen LogP contribution in [-0.4, -0.2) is 11.4 Å². The van der Waals surface area contributed by atoms with Crippen LogP contribution in [0.4, 0.5) is 4.39 Å². The van der Waals surface area contributed by atoms with Crippen LogP contribution in [0.3, 0.4) is 0 Å². The monoisotopic (exact) mass is 328 g/mol. The number of benzene rings is 2. The number of rotatable bonds is 2. The first-order valence-corrected chi connectivity index (χ1v) is 7.98. The lowest BCUT2D eigenvalue weighted by atomic mass is 9.85. The second-order valence-electron chi connectivity index (χ2n) is 7.31. The molecule has 0 amide bonds. The number of carbonyl (C=O) groups excluding carboxylic acids is 1. The van der Waals surface area contributed by atoms with Crippen LogP contribution in [0.15, 0.2) is 42.5 Å². The Labute approximate surface area is 141 Å². The second kappa shape index (κ2) is 5.62. The van der Waals surface area contributed by atoms with Gasteiger partial charge in [-0.1, -0.05) is 12.1 Å². The van der Waals surface area contributed by atoms with E-state index in [0.29, 0.717) is 17.1 Å². The van der Waals surface area contributed by atoms with Gasteiger partial charge in [0.2, 0.25) is 0 Å². The molecule has 1 aliphatic rings. The van der Waals surface area contributed by atoms with Crippen molar-refractivity contribution in [3.8, 4) is 11.5 Å². The Morgan fingerprint density at radius 1 is 1.12 bits per heavy atom. The summed E-state index contributed by atoms with van der Waals surface area (Å²) in [4.78, 5) is 12.6. The smallest absolute Gasteiger partial charge is 0.171 e. The van der Waals surface area contributed by atoms with Gasteiger partial charge in [0.05, 0.1) is 12.0 Å². The summed E-state index contributed by atoms with van der Waals surface area (Å²) in [5.74, 6) is 0.846. The Morgan fingerprint density at radius 3 is 2.42 bits per heavy atom. The first-order chi connectivity index (χ1) is 11.2. The van der Waals surface area contributed by atoms with E-state index in [0.717, 1.165) is 5.56 Å². The van der Waals surface area contributed by atoms with Crippen molar-refractivity contribution < 1.29 is 18.7 Å². The molecule has 1 unspecified atom stereocenters. The van der Waals surface area contributed by atoms with Crippen molar-refractivity contribution in [2.45, 2.75) is 45.3 Å². The molecule has 0 bridgehead atoms. The second-order valence-corrected chi connectivity index (χ2v) is 7.31. The van der Waals surface area contributed by atoms with Crippen LogP contribution in [-0.2, 0) is 5.60 Å². The lowest BCUT2D eigenvalue weighted by molar-refractivity contribution is 0.0498. The number of ether oxygens (including phenoxy) is 2. The summed E-state index contributed by atoms with van der Waals surface area (Å²) < 4.78 is 25.1. The van der Waals surface area contributed by atoms with Crippen LogP contribution < -0.4 is 9.47 Å². The number of carbonyl (C=O) groups is 1. The van der Waals surface area contributed by atoms with Gasteiger partial charge < -0.3 is 9.47 Å². The van der Waals surface area contributed by atoms with Gasteiger partial charge in [0.25, 0.3) is 0 Å². The van der Waals surface area contributed by atoms with Gasteiger partial charge in [0.1, 0.15) is 28.5 Å². The van der Waals surface area contributed by atoms with E-state index in [1.54, 1.807) is 30.3 Å². The van der Waals surface area contributed by atoms with Crippen LogP contribution in [0.5, 0.6) is 11.5 Å². The zero-order valence-electron chi connectivity index (χ0n) is 14.4. The van der Waals surface area contributed by atoms with Gasteiger partial charge >= 0.3 is 0 Å². The summed E-state index contributed by atoms with van der Waals surface area (Å²) >= 11 is 0. The maximum atomic E-state index is 13.2. The number of Topliss-reactive ketones (excluding diaryl/α,β-unsaturated/α-hetero) is 1. The van der Waals surface area contributed by atoms with Crippen molar-refractivity contribution in [1.29, 1.82) is 0 Å². The molecule has 0 saturated heterocycles. The quantitative estimate of drug-likeness (QED) is 0.788. The van der Waals surface area contributed by atoms with E-state index in [9.17, 15) is 9.18 Å². The first kappa shape index (κ1) is 16.5. The molecule has 2 aromatic rings. The van der Waals surface area contributed by atoms with E-state index in [2.05, 4.69) is 0 Å². The molecule has 126 valence electrons. The van der Waals surface area contributed by atoms with Crippen molar-refractivity contribution in [2.24, 2.45) is 0 Å². The van der Waals surface area contributed by atoms with Crippen LogP contribution in [0, 0.1) is 5.82 Å². The number of ketones is 1. The zero-order valence-corrected chi connectivity index (χ0v) is 14.4. The van der Waals surface area contributed by atoms with Crippen LogP contribution in [0.25, 0.3) is 0 Å². The molecule has 1 heterocycles. The van der Waals surface area contributed by atoms with E-state index in [4.69, 9.17) is 9.47 Å². The minimum absolute atomic E-state index is 0.0116. The topological polar surface area (TPSA) is 35.5 Å². The standard InChI is InChI=1S/C20H21FO3/c1-19(2,3)23-15-9-10-18-16(11-15)17(22)12-20(4,24-18)13-5-7-14(21)8-6-13/h5-11H,12H2,1-4H3. The SMILES string of the molecule is CC(C)(C)Oc1ccc2c(c1)C(=O)CC(C)(c1ccc(F)cc1)O2. The van der Waals surface area contributed by atoms with E-state index >= 15 is 0 Å². The highest BCUT2D eigenvalue weighted by atomic mass is 19.1. The molecule has 1 atom stereocenters. The van der Waals surface area contributed by atoms with Gasteiger partial charge in [-0.2, -0.15) is 0 Å². The molecule has 2 aromatic carbocycles.